The van der Waals surface area contributed by atoms with E-state index in [0.29, 0.717) is 17.7 Å². The van der Waals surface area contributed by atoms with Crippen LogP contribution in [0.5, 0.6) is 5.75 Å². The highest BCUT2D eigenvalue weighted by Gasteiger charge is 2.40. The lowest BCUT2D eigenvalue weighted by Gasteiger charge is -2.16. The van der Waals surface area contributed by atoms with Crippen LogP contribution in [0, 0.1) is 11.8 Å². The van der Waals surface area contributed by atoms with Gasteiger partial charge in [-0.1, -0.05) is 12.1 Å². The second-order valence-electron chi connectivity index (χ2n) is 6.19. The topological polar surface area (TPSA) is 75.8 Å². The predicted molar refractivity (Wildman–Crippen MR) is 79.0 cm³/mol. The molecular formula is C16H22N2O3. The summed E-state index contributed by atoms with van der Waals surface area (Å²) in [6, 6.07) is 7.95. The molecule has 2 atom stereocenters. The van der Waals surface area contributed by atoms with Crippen LogP contribution in [0.3, 0.4) is 0 Å². The third-order valence-electron chi connectivity index (χ3n) is 4.41. The van der Waals surface area contributed by atoms with Crippen LogP contribution in [0.1, 0.15) is 18.4 Å². The highest BCUT2D eigenvalue weighted by molar-refractivity contribution is 5.68. The van der Waals surface area contributed by atoms with Gasteiger partial charge in [0.05, 0.1) is 0 Å². The summed E-state index contributed by atoms with van der Waals surface area (Å²) in [6.07, 6.45) is 2.70. The van der Waals surface area contributed by atoms with E-state index in [4.69, 9.17) is 15.6 Å². The van der Waals surface area contributed by atoms with E-state index in [2.05, 4.69) is 4.90 Å². The van der Waals surface area contributed by atoms with Crippen LogP contribution in [0.25, 0.3) is 0 Å². The quantitative estimate of drug-likeness (QED) is 0.826. The van der Waals surface area contributed by atoms with Crippen molar-refractivity contribution in [3.05, 3.63) is 29.8 Å². The lowest BCUT2D eigenvalue weighted by Crippen LogP contribution is -2.30. The highest BCUT2D eigenvalue weighted by atomic mass is 16.5. The first-order valence-electron chi connectivity index (χ1n) is 7.53. The Labute approximate surface area is 124 Å². The fourth-order valence-electron chi connectivity index (χ4n) is 3.19. The zero-order valence-electron chi connectivity index (χ0n) is 12.1. The monoisotopic (exact) mass is 290 g/mol. The van der Waals surface area contributed by atoms with Crippen LogP contribution in [0.4, 0.5) is 0 Å². The fourth-order valence-corrected chi connectivity index (χ4v) is 3.19. The summed E-state index contributed by atoms with van der Waals surface area (Å²) in [5.41, 5.74) is 7.45. The van der Waals surface area contributed by atoms with Crippen molar-refractivity contribution in [1.82, 2.24) is 4.90 Å². The molecule has 1 saturated heterocycles. The van der Waals surface area contributed by atoms with E-state index in [0.717, 1.165) is 25.6 Å². The molecule has 1 saturated carbocycles. The van der Waals surface area contributed by atoms with Crippen molar-refractivity contribution in [3.63, 3.8) is 0 Å². The number of carboxylic acids is 1. The van der Waals surface area contributed by atoms with Gasteiger partial charge in [0, 0.05) is 25.7 Å². The standard InChI is InChI=1S/C16H22N2O3/c17-15-9-18(8-14(15)12-3-4-12)7-11-1-5-13(6-2-11)21-10-16(19)20/h1-2,5-6,12,14-15H,3-4,7-10,17H2,(H,19,20)/t14-,15+/m1/s1. The summed E-state index contributed by atoms with van der Waals surface area (Å²) < 4.78 is 5.13. The first kappa shape index (κ1) is 14.4. The van der Waals surface area contributed by atoms with E-state index >= 15 is 0 Å². The molecule has 0 amide bonds. The molecule has 114 valence electrons. The Morgan fingerprint density at radius 1 is 1.29 bits per heavy atom. The van der Waals surface area contributed by atoms with Gasteiger partial charge in [-0.05, 0) is 42.4 Å². The SMILES string of the molecule is N[C@H]1CN(Cc2ccc(OCC(=O)O)cc2)C[C@@H]1C1CC1. The van der Waals surface area contributed by atoms with Crippen molar-refractivity contribution >= 4 is 5.97 Å². The van der Waals surface area contributed by atoms with Gasteiger partial charge in [-0.25, -0.2) is 4.79 Å². The van der Waals surface area contributed by atoms with Gasteiger partial charge in [-0.15, -0.1) is 0 Å². The minimum Gasteiger partial charge on any atom is -0.482 e. The highest BCUT2D eigenvalue weighted by Crippen LogP contribution is 2.41. The summed E-state index contributed by atoms with van der Waals surface area (Å²) in [4.78, 5) is 12.9. The minimum atomic E-state index is -0.962. The minimum absolute atomic E-state index is 0.302. The van der Waals surface area contributed by atoms with E-state index in [1.807, 2.05) is 24.3 Å². The number of carbonyl (C=O) groups is 1. The number of aliphatic carboxylic acids is 1. The first-order chi connectivity index (χ1) is 10.1. The molecule has 3 N–H and O–H groups in total. The molecule has 1 aromatic rings. The molecule has 21 heavy (non-hydrogen) atoms. The van der Waals surface area contributed by atoms with Crippen LogP contribution in [-0.4, -0.2) is 41.7 Å². The molecule has 2 fully saturated rings. The van der Waals surface area contributed by atoms with Crippen LogP contribution >= 0.6 is 0 Å². The number of nitrogens with zero attached hydrogens (tertiary/aromatic N) is 1. The smallest absolute Gasteiger partial charge is 0.341 e. The van der Waals surface area contributed by atoms with Crippen LogP contribution in [0.2, 0.25) is 0 Å². The summed E-state index contributed by atoms with van der Waals surface area (Å²) in [6.45, 7) is 2.67. The fraction of sp³-hybridized carbons (Fsp3) is 0.562. The Balaban J connectivity index is 1.52. The number of carboxylic acid groups (broad SMARTS) is 1. The lowest BCUT2D eigenvalue weighted by atomic mass is 9.99. The van der Waals surface area contributed by atoms with E-state index in [1.165, 1.54) is 18.4 Å². The van der Waals surface area contributed by atoms with Crippen LogP contribution < -0.4 is 10.5 Å². The van der Waals surface area contributed by atoms with Gasteiger partial charge < -0.3 is 15.6 Å². The molecule has 0 aromatic heterocycles. The summed E-state index contributed by atoms with van der Waals surface area (Å²) in [5, 5.41) is 8.58. The number of benzene rings is 1. The molecule has 0 bridgehead atoms. The van der Waals surface area contributed by atoms with Crippen molar-refractivity contribution in [2.24, 2.45) is 17.6 Å². The van der Waals surface area contributed by atoms with Gasteiger partial charge in [0.1, 0.15) is 5.75 Å². The van der Waals surface area contributed by atoms with E-state index in [-0.39, 0.29) is 6.61 Å². The summed E-state index contributed by atoms with van der Waals surface area (Å²) in [5.74, 6) is 1.16. The number of rotatable bonds is 6. The van der Waals surface area contributed by atoms with Gasteiger partial charge in [-0.2, -0.15) is 0 Å². The molecular weight excluding hydrogens is 268 g/mol. The molecule has 5 heteroatoms. The molecule has 1 aliphatic carbocycles. The number of hydrogen-bond acceptors (Lipinski definition) is 4. The second kappa shape index (κ2) is 6.03. The lowest BCUT2D eigenvalue weighted by molar-refractivity contribution is -0.139. The van der Waals surface area contributed by atoms with Crippen molar-refractivity contribution in [1.29, 1.82) is 0 Å². The second-order valence-corrected chi connectivity index (χ2v) is 6.19. The van der Waals surface area contributed by atoms with Gasteiger partial charge in [0.2, 0.25) is 0 Å². The molecule has 3 rings (SSSR count). The van der Waals surface area contributed by atoms with Gasteiger partial charge in [0.15, 0.2) is 6.61 Å². The van der Waals surface area contributed by atoms with Crippen molar-refractivity contribution in [2.75, 3.05) is 19.7 Å². The third-order valence-corrected chi connectivity index (χ3v) is 4.41. The molecule has 0 radical (unpaired) electrons. The Kier molecular flexibility index (Phi) is 4.12. The molecule has 0 unspecified atom stereocenters. The van der Waals surface area contributed by atoms with Gasteiger partial charge in [0.25, 0.3) is 0 Å². The number of ether oxygens (including phenoxy) is 1. The normalized spacial score (nSPS) is 26.0. The van der Waals surface area contributed by atoms with E-state index in [1.54, 1.807) is 0 Å². The predicted octanol–water partition coefficient (Wildman–Crippen LogP) is 1.32. The number of nitrogens with two attached hydrogens (primary N) is 1. The largest absolute Gasteiger partial charge is 0.482 e. The number of likely N-dealkylation sites (tertiary alicyclic amines) is 1. The average molecular weight is 290 g/mol. The maximum Gasteiger partial charge on any atom is 0.341 e. The number of hydrogen-bond donors (Lipinski definition) is 2. The Hall–Kier alpha value is -1.59. The van der Waals surface area contributed by atoms with Gasteiger partial charge in [-0.3, -0.25) is 4.90 Å². The Morgan fingerprint density at radius 3 is 2.62 bits per heavy atom. The van der Waals surface area contributed by atoms with Crippen molar-refractivity contribution < 1.29 is 14.6 Å². The molecule has 1 aliphatic heterocycles. The average Bonchev–Trinajstić information content (AvgIpc) is 3.23. The molecule has 5 nitrogen and oxygen atoms in total. The van der Waals surface area contributed by atoms with Crippen LogP contribution in [-0.2, 0) is 11.3 Å². The van der Waals surface area contributed by atoms with Gasteiger partial charge >= 0.3 is 5.97 Å². The summed E-state index contributed by atoms with van der Waals surface area (Å²) in [7, 11) is 0. The first-order valence-corrected chi connectivity index (χ1v) is 7.53. The Bertz CT molecular complexity index is 499. The molecule has 2 aliphatic rings. The maximum absolute atomic E-state index is 10.4. The van der Waals surface area contributed by atoms with E-state index in [9.17, 15) is 4.79 Å². The van der Waals surface area contributed by atoms with Crippen LogP contribution in [0.15, 0.2) is 24.3 Å². The molecule has 1 aromatic carbocycles. The Morgan fingerprint density at radius 2 is 2.00 bits per heavy atom. The maximum atomic E-state index is 10.4. The zero-order chi connectivity index (χ0) is 14.8. The third kappa shape index (κ3) is 3.74. The zero-order valence-corrected chi connectivity index (χ0v) is 12.1. The summed E-state index contributed by atoms with van der Waals surface area (Å²) >= 11 is 0. The van der Waals surface area contributed by atoms with Crippen molar-refractivity contribution in [3.8, 4) is 5.75 Å². The molecule has 1 heterocycles. The van der Waals surface area contributed by atoms with Crippen molar-refractivity contribution in [2.45, 2.75) is 25.4 Å². The molecule has 0 spiro atoms. The van der Waals surface area contributed by atoms with E-state index < -0.39 is 5.97 Å².